The molecule has 0 unspecified atom stereocenters. The van der Waals surface area contributed by atoms with Crippen LogP contribution in [0.5, 0.6) is 0 Å². The second-order valence-electron chi connectivity index (χ2n) is 3.51. The molecule has 1 aliphatic heterocycles. The topological polar surface area (TPSA) is 125 Å². The molecule has 0 bridgehead atoms. The number of ether oxygens (including phenoxy) is 2. The number of aliphatic hydroxyl groups excluding tert-OH is 4. The third kappa shape index (κ3) is 2.45. The molecule has 0 spiro atoms. The van der Waals surface area contributed by atoms with Crippen molar-refractivity contribution >= 4 is 0 Å². The predicted octanol–water partition coefficient (Wildman–Crippen LogP) is -3.24. The molecule has 15 heavy (non-hydrogen) atoms. The highest BCUT2D eigenvalue weighted by molar-refractivity contribution is 4.95. The first-order valence-electron chi connectivity index (χ1n) is 4.61. The van der Waals surface area contributed by atoms with E-state index in [0.717, 1.165) is 0 Å². The van der Waals surface area contributed by atoms with Crippen molar-refractivity contribution in [2.75, 3.05) is 13.7 Å². The van der Waals surface area contributed by atoms with Gasteiger partial charge in [-0.1, -0.05) is 0 Å². The monoisotopic (exact) mass is 223 g/mol. The lowest BCUT2D eigenvalue weighted by Crippen LogP contribution is -2.50. The summed E-state index contributed by atoms with van der Waals surface area (Å²) in [5.74, 6) is 0. The molecule has 6 atom stereocenters. The lowest BCUT2D eigenvalue weighted by Gasteiger charge is -2.24. The van der Waals surface area contributed by atoms with E-state index in [-0.39, 0.29) is 0 Å². The molecule has 0 aliphatic carbocycles. The Bertz CT molecular complexity index is 204. The van der Waals surface area contributed by atoms with Crippen molar-refractivity contribution in [3.63, 3.8) is 0 Å². The summed E-state index contributed by atoms with van der Waals surface area (Å²) in [6, 6.07) is -0.869. The Labute approximate surface area is 87.0 Å². The fourth-order valence-electron chi connectivity index (χ4n) is 1.53. The zero-order valence-electron chi connectivity index (χ0n) is 8.35. The molecule has 0 radical (unpaired) electrons. The van der Waals surface area contributed by atoms with E-state index in [9.17, 15) is 15.3 Å². The minimum Gasteiger partial charge on any atom is -0.394 e. The molecule has 0 aromatic carbocycles. The van der Waals surface area contributed by atoms with Crippen molar-refractivity contribution in [3.05, 3.63) is 0 Å². The van der Waals surface area contributed by atoms with Crippen molar-refractivity contribution in [2.45, 2.75) is 36.7 Å². The van der Waals surface area contributed by atoms with Gasteiger partial charge in [-0.25, -0.2) is 0 Å². The Kier molecular flexibility index (Phi) is 4.41. The van der Waals surface area contributed by atoms with Crippen molar-refractivity contribution in [3.8, 4) is 0 Å². The zero-order chi connectivity index (χ0) is 11.6. The molecular formula is C8H17NO6. The van der Waals surface area contributed by atoms with E-state index in [0.29, 0.717) is 0 Å². The van der Waals surface area contributed by atoms with Crippen LogP contribution in [-0.2, 0) is 9.47 Å². The summed E-state index contributed by atoms with van der Waals surface area (Å²) in [5.41, 5.74) is 5.57. The molecule has 7 nitrogen and oxygen atoms in total. The van der Waals surface area contributed by atoms with Crippen molar-refractivity contribution < 1.29 is 29.9 Å². The minimum absolute atomic E-state index is 0.610. The summed E-state index contributed by atoms with van der Waals surface area (Å²) in [7, 11) is 1.33. The van der Waals surface area contributed by atoms with Crippen molar-refractivity contribution in [1.82, 2.24) is 0 Å². The van der Waals surface area contributed by atoms with Crippen LogP contribution in [0.15, 0.2) is 0 Å². The molecule has 90 valence electrons. The van der Waals surface area contributed by atoms with Crippen LogP contribution in [0.1, 0.15) is 0 Å². The Morgan fingerprint density at radius 1 is 1.47 bits per heavy atom. The smallest absolute Gasteiger partial charge is 0.185 e. The Morgan fingerprint density at radius 3 is 2.47 bits per heavy atom. The van der Waals surface area contributed by atoms with Gasteiger partial charge in [-0.15, -0.1) is 0 Å². The van der Waals surface area contributed by atoms with Gasteiger partial charge in [0.25, 0.3) is 0 Å². The van der Waals surface area contributed by atoms with Gasteiger partial charge in [-0.05, 0) is 0 Å². The summed E-state index contributed by atoms with van der Waals surface area (Å²) < 4.78 is 9.88. The lowest BCUT2D eigenvalue weighted by atomic mass is 10.0. The molecule has 1 heterocycles. The fraction of sp³-hybridized carbons (Fsp3) is 1.00. The highest BCUT2D eigenvalue weighted by atomic mass is 16.7. The van der Waals surface area contributed by atoms with Crippen LogP contribution in [-0.4, -0.2) is 70.9 Å². The molecule has 0 aromatic rings. The van der Waals surface area contributed by atoms with Crippen LogP contribution in [0.25, 0.3) is 0 Å². The molecule has 7 heteroatoms. The van der Waals surface area contributed by atoms with Crippen LogP contribution < -0.4 is 5.73 Å². The first-order chi connectivity index (χ1) is 7.02. The van der Waals surface area contributed by atoms with E-state index >= 15 is 0 Å². The second kappa shape index (κ2) is 5.17. The number of methoxy groups -OCH3 is 1. The van der Waals surface area contributed by atoms with Gasteiger partial charge in [0.15, 0.2) is 6.29 Å². The highest BCUT2D eigenvalue weighted by Crippen LogP contribution is 2.23. The summed E-state index contributed by atoms with van der Waals surface area (Å²) in [6.07, 6.45) is -5.68. The maximum absolute atomic E-state index is 9.54. The van der Waals surface area contributed by atoms with Gasteiger partial charge >= 0.3 is 0 Å². The summed E-state index contributed by atoms with van der Waals surface area (Å²) in [6.45, 7) is -0.610. The normalized spacial score (nSPS) is 40.4. The summed E-state index contributed by atoms with van der Waals surface area (Å²) in [4.78, 5) is 0. The third-order valence-corrected chi connectivity index (χ3v) is 2.49. The predicted molar refractivity (Wildman–Crippen MR) is 48.8 cm³/mol. The van der Waals surface area contributed by atoms with Crippen LogP contribution in [0.4, 0.5) is 0 Å². The first kappa shape index (κ1) is 12.8. The third-order valence-electron chi connectivity index (χ3n) is 2.49. The number of hydrogen-bond acceptors (Lipinski definition) is 7. The maximum atomic E-state index is 9.54. The number of nitrogens with two attached hydrogens (primary N) is 1. The molecule has 0 saturated carbocycles. The molecule has 1 aliphatic rings. The van der Waals surface area contributed by atoms with Gasteiger partial charge in [0, 0.05) is 7.11 Å². The zero-order valence-corrected chi connectivity index (χ0v) is 8.35. The Balaban J connectivity index is 2.64. The van der Waals surface area contributed by atoms with E-state index in [1.807, 2.05) is 0 Å². The van der Waals surface area contributed by atoms with Gasteiger partial charge in [0.05, 0.1) is 12.6 Å². The number of hydrogen-bond donors (Lipinski definition) is 5. The second-order valence-corrected chi connectivity index (χ2v) is 3.51. The molecule has 1 rings (SSSR count). The van der Waals surface area contributed by atoms with Gasteiger partial charge in [0.2, 0.25) is 0 Å². The molecule has 0 aromatic heterocycles. The van der Waals surface area contributed by atoms with Crippen LogP contribution in [0, 0.1) is 0 Å². The van der Waals surface area contributed by atoms with Crippen molar-refractivity contribution in [1.29, 1.82) is 0 Å². The minimum atomic E-state index is -1.36. The molecule has 6 N–H and O–H groups in total. The summed E-state index contributed by atoms with van der Waals surface area (Å²) >= 11 is 0. The number of aliphatic hydroxyl groups is 4. The van der Waals surface area contributed by atoms with Crippen LogP contribution in [0.3, 0.4) is 0 Å². The van der Waals surface area contributed by atoms with E-state index in [1.165, 1.54) is 7.11 Å². The van der Waals surface area contributed by atoms with Gasteiger partial charge < -0.3 is 35.6 Å². The van der Waals surface area contributed by atoms with Gasteiger partial charge in [-0.2, -0.15) is 0 Å². The number of rotatable bonds is 4. The Morgan fingerprint density at radius 2 is 2.07 bits per heavy atom. The largest absolute Gasteiger partial charge is 0.394 e. The van der Waals surface area contributed by atoms with E-state index in [2.05, 4.69) is 0 Å². The highest BCUT2D eigenvalue weighted by Gasteiger charge is 2.46. The first-order valence-corrected chi connectivity index (χ1v) is 4.61. The molecular weight excluding hydrogens is 206 g/mol. The van der Waals surface area contributed by atoms with Gasteiger partial charge in [-0.3, -0.25) is 0 Å². The van der Waals surface area contributed by atoms with E-state index in [1.54, 1.807) is 0 Å². The maximum Gasteiger partial charge on any atom is 0.185 e. The SMILES string of the molecule is CO[C@@H]1O[C@H]([C@H](O)[C@H](O)CO)[C@@H](N)[C@H]1O. The van der Waals surface area contributed by atoms with Crippen LogP contribution >= 0.6 is 0 Å². The van der Waals surface area contributed by atoms with Crippen molar-refractivity contribution in [2.24, 2.45) is 5.73 Å². The van der Waals surface area contributed by atoms with Gasteiger partial charge in [0.1, 0.15) is 24.4 Å². The van der Waals surface area contributed by atoms with Crippen LogP contribution in [0.2, 0.25) is 0 Å². The lowest BCUT2D eigenvalue weighted by molar-refractivity contribution is -0.175. The average molecular weight is 223 g/mol. The fourth-order valence-corrected chi connectivity index (χ4v) is 1.53. The summed E-state index contributed by atoms with van der Waals surface area (Å²) in [5, 5.41) is 36.9. The Hall–Kier alpha value is -0.280. The average Bonchev–Trinajstić information content (AvgIpc) is 2.54. The molecule has 1 saturated heterocycles. The molecule has 1 fully saturated rings. The molecule has 0 amide bonds. The standard InChI is InChI=1S/C8H17NO6/c1-14-8-6(13)4(9)7(15-8)5(12)3(11)2-10/h3-8,10-13H,2,9H2,1H3/t3-,4+,5-,6-,7+,8-/m1/s1. The quantitative estimate of drug-likeness (QED) is 0.339. The van der Waals surface area contributed by atoms with E-state index in [4.69, 9.17) is 20.3 Å². The van der Waals surface area contributed by atoms with E-state index < -0.39 is 43.4 Å².